The van der Waals surface area contributed by atoms with E-state index in [1.807, 2.05) is 0 Å². The van der Waals surface area contributed by atoms with Crippen molar-refractivity contribution in [3.63, 3.8) is 0 Å². The quantitative estimate of drug-likeness (QED) is 0.814. The van der Waals surface area contributed by atoms with Crippen LogP contribution in [0.3, 0.4) is 0 Å². The number of rotatable bonds is 5. The molecule has 1 aliphatic rings. The lowest BCUT2D eigenvalue weighted by atomic mass is 10.2. The van der Waals surface area contributed by atoms with Crippen molar-refractivity contribution < 1.29 is 8.42 Å². The number of nitrogens with zero attached hydrogens (tertiary/aromatic N) is 3. The standard InChI is InChI=1S/C13H25N5O2S/c1-4-10(2)17-5-7-18(8-6-17)21(19,20)13-11(3)15-16-12(13)9-14/h10H,4-9,14H2,1-3H3,(H,15,16). The van der Waals surface area contributed by atoms with Crippen LogP contribution in [0.15, 0.2) is 4.90 Å². The van der Waals surface area contributed by atoms with Crippen molar-refractivity contribution in [2.75, 3.05) is 26.2 Å². The number of aromatic nitrogens is 2. The van der Waals surface area contributed by atoms with Crippen LogP contribution in [0.1, 0.15) is 31.7 Å². The second-order valence-electron chi connectivity index (χ2n) is 5.53. The third-order valence-electron chi connectivity index (χ3n) is 4.24. The van der Waals surface area contributed by atoms with E-state index in [0.717, 1.165) is 19.5 Å². The molecule has 1 aliphatic heterocycles. The third kappa shape index (κ3) is 3.13. The normalized spacial score (nSPS) is 19.8. The summed E-state index contributed by atoms with van der Waals surface area (Å²) in [5.74, 6) is 0. The van der Waals surface area contributed by atoms with Crippen LogP contribution in [0.5, 0.6) is 0 Å². The SMILES string of the molecule is CCC(C)N1CCN(S(=O)(=O)c2c(CN)n[nH]c2C)CC1. The minimum absolute atomic E-state index is 0.117. The van der Waals surface area contributed by atoms with Crippen molar-refractivity contribution in [3.8, 4) is 0 Å². The van der Waals surface area contributed by atoms with Gasteiger partial charge in [0.25, 0.3) is 0 Å². The largest absolute Gasteiger partial charge is 0.325 e. The number of piperazine rings is 1. The Labute approximate surface area is 126 Å². The van der Waals surface area contributed by atoms with Gasteiger partial charge in [0.15, 0.2) is 0 Å². The number of sulfonamides is 1. The molecule has 2 rings (SSSR count). The molecule has 3 N–H and O–H groups in total. The molecule has 21 heavy (non-hydrogen) atoms. The van der Waals surface area contributed by atoms with Gasteiger partial charge in [-0.25, -0.2) is 8.42 Å². The van der Waals surface area contributed by atoms with Gasteiger partial charge in [0.2, 0.25) is 10.0 Å². The number of hydrogen-bond donors (Lipinski definition) is 2. The van der Waals surface area contributed by atoms with Gasteiger partial charge >= 0.3 is 0 Å². The molecule has 120 valence electrons. The Morgan fingerprint density at radius 1 is 1.33 bits per heavy atom. The number of aryl methyl sites for hydroxylation is 1. The third-order valence-corrected chi connectivity index (χ3v) is 6.34. The van der Waals surface area contributed by atoms with E-state index in [1.54, 1.807) is 11.2 Å². The fourth-order valence-electron chi connectivity index (χ4n) is 2.72. The summed E-state index contributed by atoms with van der Waals surface area (Å²) in [5.41, 5.74) is 6.57. The zero-order chi connectivity index (χ0) is 15.6. The number of aromatic amines is 1. The predicted octanol–water partition coefficient (Wildman–Crippen LogP) is 0.282. The highest BCUT2D eigenvalue weighted by Gasteiger charge is 2.33. The summed E-state index contributed by atoms with van der Waals surface area (Å²) >= 11 is 0. The van der Waals surface area contributed by atoms with E-state index in [-0.39, 0.29) is 11.4 Å². The minimum Gasteiger partial charge on any atom is -0.325 e. The Morgan fingerprint density at radius 2 is 1.95 bits per heavy atom. The van der Waals surface area contributed by atoms with Crippen molar-refractivity contribution in [2.45, 2.75) is 44.7 Å². The first kappa shape index (κ1) is 16.4. The molecule has 0 amide bonds. The molecule has 2 heterocycles. The molecule has 1 atom stereocenters. The molecule has 1 aromatic heterocycles. The lowest BCUT2D eigenvalue weighted by molar-refractivity contribution is 0.142. The summed E-state index contributed by atoms with van der Waals surface area (Å²) in [6.07, 6.45) is 1.07. The summed E-state index contributed by atoms with van der Waals surface area (Å²) < 4.78 is 27.1. The molecule has 1 unspecified atom stereocenters. The van der Waals surface area contributed by atoms with Crippen LogP contribution in [-0.4, -0.2) is 60.0 Å². The summed E-state index contributed by atoms with van der Waals surface area (Å²) in [4.78, 5) is 2.58. The van der Waals surface area contributed by atoms with Crippen molar-refractivity contribution in [1.82, 2.24) is 19.4 Å². The maximum atomic E-state index is 12.8. The van der Waals surface area contributed by atoms with E-state index in [4.69, 9.17) is 5.73 Å². The minimum atomic E-state index is -3.52. The number of nitrogens with two attached hydrogens (primary N) is 1. The Kier molecular flexibility index (Phi) is 5.03. The first-order valence-corrected chi connectivity index (χ1v) is 8.83. The van der Waals surface area contributed by atoms with E-state index in [9.17, 15) is 8.42 Å². The van der Waals surface area contributed by atoms with Crippen LogP contribution in [0.4, 0.5) is 0 Å². The van der Waals surface area contributed by atoms with Crippen LogP contribution in [0.2, 0.25) is 0 Å². The van der Waals surface area contributed by atoms with E-state index in [1.165, 1.54) is 0 Å². The fraction of sp³-hybridized carbons (Fsp3) is 0.769. The fourth-order valence-corrected chi connectivity index (χ4v) is 4.48. The monoisotopic (exact) mass is 315 g/mol. The second-order valence-corrected chi connectivity index (χ2v) is 7.40. The second kappa shape index (κ2) is 6.43. The highest BCUT2D eigenvalue weighted by molar-refractivity contribution is 7.89. The van der Waals surface area contributed by atoms with E-state index in [0.29, 0.717) is 30.5 Å². The van der Waals surface area contributed by atoms with Crippen molar-refractivity contribution in [3.05, 3.63) is 11.4 Å². The van der Waals surface area contributed by atoms with E-state index in [2.05, 4.69) is 28.9 Å². The van der Waals surface area contributed by atoms with Crippen LogP contribution < -0.4 is 5.73 Å². The zero-order valence-electron chi connectivity index (χ0n) is 13.0. The Morgan fingerprint density at radius 3 is 2.48 bits per heavy atom. The topological polar surface area (TPSA) is 95.3 Å². The molecule has 1 fully saturated rings. The van der Waals surface area contributed by atoms with Crippen LogP contribution >= 0.6 is 0 Å². The Balaban J connectivity index is 2.17. The highest BCUT2D eigenvalue weighted by Crippen LogP contribution is 2.23. The summed E-state index contributed by atoms with van der Waals surface area (Å²) in [5, 5.41) is 6.71. The van der Waals surface area contributed by atoms with Crippen molar-refractivity contribution in [2.24, 2.45) is 5.73 Å². The van der Waals surface area contributed by atoms with Gasteiger partial charge in [-0.3, -0.25) is 10.00 Å². The lowest BCUT2D eigenvalue weighted by Gasteiger charge is -2.37. The Hall–Kier alpha value is -0.960. The zero-order valence-corrected chi connectivity index (χ0v) is 13.8. The Bertz CT molecular complexity index is 575. The van der Waals surface area contributed by atoms with Crippen molar-refractivity contribution in [1.29, 1.82) is 0 Å². The lowest BCUT2D eigenvalue weighted by Crippen LogP contribution is -2.51. The van der Waals surface area contributed by atoms with Crippen LogP contribution in [0.25, 0.3) is 0 Å². The van der Waals surface area contributed by atoms with Crippen molar-refractivity contribution >= 4 is 10.0 Å². The molecule has 0 aromatic carbocycles. The smallest absolute Gasteiger partial charge is 0.246 e. The number of hydrogen-bond acceptors (Lipinski definition) is 5. The predicted molar refractivity (Wildman–Crippen MR) is 81.3 cm³/mol. The van der Waals surface area contributed by atoms with E-state index < -0.39 is 10.0 Å². The van der Waals surface area contributed by atoms with Gasteiger partial charge in [-0.2, -0.15) is 9.40 Å². The van der Waals surface area contributed by atoms with Gasteiger partial charge in [0, 0.05) is 38.8 Å². The average Bonchev–Trinajstić information content (AvgIpc) is 2.88. The molecular weight excluding hydrogens is 290 g/mol. The van der Waals surface area contributed by atoms with Crippen LogP contribution in [-0.2, 0) is 16.6 Å². The van der Waals surface area contributed by atoms with Gasteiger partial charge in [-0.15, -0.1) is 0 Å². The maximum Gasteiger partial charge on any atom is 0.246 e. The molecule has 0 bridgehead atoms. The molecule has 1 saturated heterocycles. The highest BCUT2D eigenvalue weighted by atomic mass is 32.2. The molecule has 1 aromatic rings. The van der Waals surface area contributed by atoms with Gasteiger partial charge in [0.1, 0.15) is 4.90 Å². The van der Waals surface area contributed by atoms with Gasteiger partial charge < -0.3 is 5.73 Å². The first-order chi connectivity index (χ1) is 9.91. The molecule has 8 heteroatoms. The van der Waals surface area contributed by atoms with E-state index >= 15 is 0 Å². The molecular formula is C13H25N5O2S. The van der Waals surface area contributed by atoms with Gasteiger partial charge in [0.05, 0.1) is 11.4 Å². The molecule has 7 nitrogen and oxygen atoms in total. The summed E-state index contributed by atoms with van der Waals surface area (Å²) in [6.45, 7) is 8.72. The molecule has 0 aliphatic carbocycles. The summed E-state index contributed by atoms with van der Waals surface area (Å²) in [6, 6.07) is 0.491. The first-order valence-electron chi connectivity index (χ1n) is 7.39. The molecule has 0 radical (unpaired) electrons. The van der Waals surface area contributed by atoms with Gasteiger partial charge in [-0.1, -0.05) is 6.92 Å². The van der Waals surface area contributed by atoms with Gasteiger partial charge in [-0.05, 0) is 20.3 Å². The maximum absolute atomic E-state index is 12.8. The number of H-pyrrole nitrogens is 1. The van der Waals surface area contributed by atoms with Crippen LogP contribution in [0, 0.1) is 6.92 Å². The number of nitrogens with one attached hydrogen (secondary N) is 1. The average molecular weight is 315 g/mol. The molecule has 0 spiro atoms. The molecule has 0 saturated carbocycles. The summed E-state index contributed by atoms with van der Waals surface area (Å²) in [7, 11) is -3.52.